The molecule has 0 saturated heterocycles. The van der Waals surface area contributed by atoms with Gasteiger partial charge in [-0.05, 0) is 19.9 Å². The predicted octanol–water partition coefficient (Wildman–Crippen LogP) is 1.24. The molecule has 0 unspecified atom stereocenters. The zero-order chi connectivity index (χ0) is 8.91. The minimum atomic E-state index is -3.16. The second-order valence-electron chi connectivity index (χ2n) is 2.14. The number of allylic oxidation sites excluding steroid dienone is 2. The van der Waals surface area contributed by atoms with Crippen LogP contribution in [0.3, 0.4) is 0 Å². The molecule has 0 heterocycles. The monoisotopic (exact) mass is 177 g/mol. The van der Waals surface area contributed by atoms with E-state index < -0.39 is 10.0 Å². The number of sulfonamides is 1. The van der Waals surface area contributed by atoms with Crippen LogP contribution in [0.5, 0.6) is 0 Å². The van der Waals surface area contributed by atoms with Crippen molar-refractivity contribution in [3.8, 4) is 0 Å². The van der Waals surface area contributed by atoms with Crippen molar-refractivity contribution in [2.24, 2.45) is 0 Å². The predicted molar refractivity (Wildman–Crippen MR) is 46.6 cm³/mol. The molecule has 0 aliphatic rings. The van der Waals surface area contributed by atoms with Gasteiger partial charge in [0.25, 0.3) is 0 Å². The maximum atomic E-state index is 11.1. The molecule has 3 nitrogen and oxygen atoms in total. The minimum Gasteiger partial charge on any atom is -0.215 e. The fraction of sp³-hybridized carbons (Fsp3) is 0.714. The fourth-order valence-electron chi connectivity index (χ4n) is 0.803. The second kappa shape index (κ2) is 4.51. The number of rotatable bonds is 4. The van der Waals surface area contributed by atoms with Gasteiger partial charge in [-0.2, -0.15) is 0 Å². The third kappa shape index (κ3) is 3.03. The Hall–Kier alpha value is -0.350. The summed E-state index contributed by atoms with van der Waals surface area (Å²) >= 11 is 0. The summed E-state index contributed by atoms with van der Waals surface area (Å²) < 4.78 is 24.6. The smallest absolute Gasteiger partial charge is 0.215 e. The molecule has 0 radical (unpaired) electrons. The van der Waals surface area contributed by atoms with Gasteiger partial charge in [0.15, 0.2) is 0 Å². The second-order valence-corrected chi connectivity index (χ2v) is 4.08. The Morgan fingerprint density at radius 3 is 2.27 bits per heavy atom. The Kier molecular flexibility index (Phi) is 4.37. The van der Waals surface area contributed by atoms with E-state index in [0.717, 1.165) is 6.42 Å². The van der Waals surface area contributed by atoms with E-state index in [1.807, 2.05) is 13.8 Å². The van der Waals surface area contributed by atoms with Crippen molar-refractivity contribution >= 4 is 10.0 Å². The highest BCUT2D eigenvalue weighted by Crippen LogP contribution is 2.08. The van der Waals surface area contributed by atoms with E-state index in [2.05, 4.69) is 4.72 Å². The Labute approximate surface area is 68.5 Å². The lowest BCUT2D eigenvalue weighted by Crippen LogP contribution is -2.20. The van der Waals surface area contributed by atoms with Gasteiger partial charge in [0.05, 0.1) is 4.91 Å². The van der Waals surface area contributed by atoms with E-state index in [1.54, 1.807) is 6.08 Å². The van der Waals surface area contributed by atoms with Gasteiger partial charge in [-0.3, -0.25) is 0 Å². The average Bonchev–Trinajstić information content (AvgIpc) is 2.00. The lowest BCUT2D eigenvalue weighted by atomic mass is 10.3. The highest BCUT2D eigenvalue weighted by molar-refractivity contribution is 7.93. The van der Waals surface area contributed by atoms with E-state index in [4.69, 9.17) is 0 Å². The molecule has 0 amide bonds. The Balaban J connectivity index is 4.66. The maximum absolute atomic E-state index is 11.1. The first-order chi connectivity index (χ1) is 5.08. The van der Waals surface area contributed by atoms with Gasteiger partial charge in [-0.15, -0.1) is 0 Å². The van der Waals surface area contributed by atoms with Gasteiger partial charge in [0, 0.05) is 0 Å². The molecule has 0 aliphatic heterocycles. The zero-order valence-corrected chi connectivity index (χ0v) is 8.03. The van der Waals surface area contributed by atoms with Crippen LogP contribution in [0.1, 0.15) is 26.7 Å². The topological polar surface area (TPSA) is 46.2 Å². The standard InChI is InChI=1S/C7H15NO2S/c1-4-6-7(5-2)11(9,10)8-3/h6,8H,4-5H2,1-3H3. The molecule has 0 bridgehead atoms. The van der Waals surface area contributed by atoms with E-state index in [-0.39, 0.29) is 0 Å². The minimum absolute atomic E-state index is 0.475. The Morgan fingerprint density at radius 2 is 2.00 bits per heavy atom. The molecule has 4 heteroatoms. The number of hydrogen-bond donors (Lipinski definition) is 1. The normalized spacial score (nSPS) is 13.5. The van der Waals surface area contributed by atoms with Crippen LogP contribution >= 0.6 is 0 Å². The molecule has 0 aromatic carbocycles. The summed E-state index contributed by atoms with van der Waals surface area (Å²) in [6.07, 6.45) is 3.03. The van der Waals surface area contributed by atoms with Crippen LogP contribution in [0.15, 0.2) is 11.0 Å². The summed E-state index contributed by atoms with van der Waals surface area (Å²) in [6, 6.07) is 0. The van der Waals surface area contributed by atoms with Crippen molar-refractivity contribution in [1.82, 2.24) is 4.72 Å². The van der Waals surface area contributed by atoms with E-state index in [0.29, 0.717) is 11.3 Å². The molecular weight excluding hydrogens is 162 g/mol. The highest BCUT2D eigenvalue weighted by Gasteiger charge is 2.11. The summed E-state index contributed by atoms with van der Waals surface area (Å²) in [6.45, 7) is 3.75. The molecule has 1 N–H and O–H groups in total. The largest absolute Gasteiger partial charge is 0.236 e. The van der Waals surface area contributed by atoms with Crippen LogP contribution in [0.4, 0.5) is 0 Å². The third-order valence-corrected chi connectivity index (χ3v) is 3.08. The highest BCUT2D eigenvalue weighted by atomic mass is 32.2. The van der Waals surface area contributed by atoms with Crippen molar-refractivity contribution in [1.29, 1.82) is 0 Å². The summed E-state index contributed by atoms with van der Waals surface area (Å²) in [5, 5.41) is 0. The SMILES string of the molecule is CCC=C(CC)S(=O)(=O)NC. The molecule has 0 spiro atoms. The van der Waals surface area contributed by atoms with E-state index in [1.165, 1.54) is 7.05 Å². The van der Waals surface area contributed by atoms with Gasteiger partial charge in [0.2, 0.25) is 10.0 Å². The van der Waals surface area contributed by atoms with Crippen molar-refractivity contribution in [3.63, 3.8) is 0 Å². The lowest BCUT2D eigenvalue weighted by Gasteiger charge is -2.03. The molecule has 66 valence electrons. The van der Waals surface area contributed by atoms with Crippen molar-refractivity contribution < 1.29 is 8.42 Å². The average molecular weight is 177 g/mol. The molecule has 0 fully saturated rings. The van der Waals surface area contributed by atoms with Crippen LogP contribution in [0.25, 0.3) is 0 Å². The van der Waals surface area contributed by atoms with E-state index >= 15 is 0 Å². The van der Waals surface area contributed by atoms with Crippen molar-refractivity contribution in [3.05, 3.63) is 11.0 Å². The van der Waals surface area contributed by atoms with E-state index in [9.17, 15) is 8.42 Å². The van der Waals surface area contributed by atoms with Crippen LogP contribution < -0.4 is 4.72 Å². The van der Waals surface area contributed by atoms with Crippen molar-refractivity contribution in [2.45, 2.75) is 26.7 Å². The summed E-state index contributed by atoms with van der Waals surface area (Å²) in [5.41, 5.74) is 0. The zero-order valence-electron chi connectivity index (χ0n) is 7.22. The number of nitrogens with one attached hydrogen (secondary N) is 1. The van der Waals surface area contributed by atoms with Gasteiger partial charge < -0.3 is 0 Å². The molecule has 0 aromatic rings. The van der Waals surface area contributed by atoms with Crippen LogP contribution in [0, 0.1) is 0 Å². The molecule has 0 aliphatic carbocycles. The third-order valence-electron chi connectivity index (χ3n) is 1.39. The molecule has 0 atom stereocenters. The summed E-state index contributed by atoms with van der Waals surface area (Å²) in [7, 11) is -1.74. The Morgan fingerprint density at radius 1 is 1.45 bits per heavy atom. The van der Waals surface area contributed by atoms with Crippen LogP contribution in [0.2, 0.25) is 0 Å². The van der Waals surface area contributed by atoms with Gasteiger partial charge in [-0.25, -0.2) is 13.1 Å². The molecule has 0 aromatic heterocycles. The summed E-state index contributed by atoms with van der Waals surface area (Å²) in [5.74, 6) is 0. The first kappa shape index (κ1) is 10.7. The quantitative estimate of drug-likeness (QED) is 0.702. The maximum Gasteiger partial charge on any atom is 0.236 e. The molecular formula is C7H15NO2S. The van der Waals surface area contributed by atoms with Crippen LogP contribution in [-0.4, -0.2) is 15.5 Å². The number of hydrogen-bond acceptors (Lipinski definition) is 2. The fourth-order valence-corrected chi connectivity index (χ4v) is 1.83. The molecule has 11 heavy (non-hydrogen) atoms. The Bertz CT molecular complexity index is 229. The van der Waals surface area contributed by atoms with Crippen LogP contribution in [-0.2, 0) is 10.0 Å². The first-order valence-corrected chi connectivity index (χ1v) is 5.19. The lowest BCUT2D eigenvalue weighted by molar-refractivity contribution is 0.593. The van der Waals surface area contributed by atoms with Gasteiger partial charge >= 0.3 is 0 Å². The first-order valence-electron chi connectivity index (χ1n) is 3.71. The molecule has 0 saturated carbocycles. The summed E-state index contributed by atoms with van der Waals surface area (Å²) in [4.78, 5) is 0.475. The van der Waals surface area contributed by atoms with Gasteiger partial charge in [-0.1, -0.05) is 19.9 Å². The van der Waals surface area contributed by atoms with Crippen molar-refractivity contribution in [2.75, 3.05) is 7.05 Å². The van der Waals surface area contributed by atoms with Gasteiger partial charge in [0.1, 0.15) is 0 Å². The molecule has 0 rings (SSSR count).